The fourth-order valence-corrected chi connectivity index (χ4v) is 11.6. The van der Waals surface area contributed by atoms with Crippen LogP contribution in [0.5, 0.6) is 0 Å². The van der Waals surface area contributed by atoms with E-state index in [2.05, 4.69) is 20.1 Å². The minimum absolute atomic E-state index is 0.00196. The van der Waals surface area contributed by atoms with E-state index in [0.29, 0.717) is 29.9 Å². The summed E-state index contributed by atoms with van der Waals surface area (Å²) in [4.78, 5) is 66.7. The summed E-state index contributed by atoms with van der Waals surface area (Å²) in [7, 11) is -7.71. The Morgan fingerprint density at radius 1 is 0.747 bits per heavy atom. The summed E-state index contributed by atoms with van der Waals surface area (Å²) < 4.78 is 63.7. The number of H-pyrrole nitrogens is 1. The number of nitrogens with two attached hydrogens (primary N) is 1. The Bertz CT molecular complexity index is 2770. The number of aliphatic hydroxyl groups is 2. The summed E-state index contributed by atoms with van der Waals surface area (Å²) in [6.45, 7) is 12.9. The highest BCUT2D eigenvalue weighted by Crippen LogP contribution is 2.47. The second-order valence-corrected chi connectivity index (χ2v) is 24.8. The minimum atomic E-state index is -3.87. The number of aryl methyl sites for hydroxylation is 1. The summed E-state index contributed by atoms with van der Waals surface area (Å²) in [6, 6.07) is 20.1. The molecule has 0 radical (unpaired) electrons. The van der Waals surface area contributed by atoms with Crippen LogP contribution in [0.15, 0.2) is 93.5 Å². The molecule has 0 spiro atoms. The molecule has 2 fully saturated rings. The molecule has 4 heterocycles. The van der Waals surface area contributed by atoms with Gasteiger partial charge in [-0.2, -0.15) is 4.98 Å². The fraction of sp³-hybridized carbons (Fsp3) is 0.551. The SMILES string of the molecule is CCC(C)(C)C(=O)SCCOP(=O)(NCc1ccccc1)OC[C@@H]1O[C@H](n2cc(C)c(=O)[nH]c2=O)C[C@@H]1O.CCC(C)(C)C(=O)SCCOP(=O)(NCc1ccccc1)OC[C@@H]1O[C@H](n2ccc(N)nc2=O)C[C@@H]1O. The number of anilines is 1. The lowest BCUT2D eigenvalue weighted by Gasteiger charge is -2.23. The Balaban J connectivity index is 0.000000277. The maximum atomic E-state index is 13.6. The number of nitrogens with one attached hydrogen (secondary N) is 3. The van der Waals surface area contributed by atoms with Gasteiger partial charge in [-0.05, 0) is 37.0 Å². The monoisotopic (exact) mass is 1120 g/mol. The van der Waals surface area contributed by atoms with E-state index in [1.54, 1.807) is 6.92 Å². The number of nitrogens with zero attached hydrogens (tertiary/aromatic N) is 3. The molecule has 4 aromatic rings. The van der Waals surface area contributed by atoms with E-state index >= 15 is 0 Å². The predicted molar refractivity (Wildman–Crippen MR) is 287 cm³/mol. The van der Waals surface area contributed by atoms with Gasteiger partial charge in [0, 0.05) is 66.2 Å². The number of ether oxygens (including phenoxy) is 2. The molecule has 0 saturated carbocycles. The van der Waals surface area contributed by atoms with Gasteiger partial charge in [0.05, 0.1) is 38.6 Å². The average Bonchev–Trinajstić information content (AvgIpc) is 3.96. The van der Waals surface area contributed by atoms with Crippen molar-refractivity contribution in [1.29, 1.82) is 0 Å². The van der Waals surface area contributed by atoms with Gasteiger partial charge in [0.1, 0.15) is 30.5 Å². The van der Waals surface area contributed by atoms with Crippen molar-refractivity contribution < 1.29 is 56.5 Å². The summed E-state index contributed by atoms with van der Waals surface area (Å²) in [5.41, 5.74) is 4.92. The van der Waals surface area contributed by atoms with Crippen LogP contribution in [0.4, 0.5) is 5.82 Å². The highest BCUT2D eigenvalue weighted by Gasteiger charge is 2.40. The molecule has 7 N–H and O–H groups in total. The normalized spacial score (nSPS) is 21.5. The number of benzene rings is 2. The lowest BCUT2D eigenvalue weighted by atomic mass is 9.92. The Morgan fingerprint density at radius 3 is 1.61 bits per heavy atom. The first-order valence-electron chi connectivity index (χ1n) is 24.5. The smallest absolute Gasteiger partial charge is 0.390 e. The van der Waals surface area contributed by atoms with Gasteiger partial charge in [-0.25, -0.2) is 28.9 Å². The van der Waals surface area contributed by atoms with Crippen molar-refractivity contribution in [1.82, 2.24) is 29.3 Å². The van der Waals surface area contributed by atoms with Crippen LogP contribution in [0.3, 0.4) is 0 Å². The standard InChI is InChI=1S/C25H36N3O8PS.C24H35N4O7PS/c1-5-25(3,4)23(31)38-12-11-34-37(33,26-14-18-9-7-6-8-10-18)35-16-20-19(29)13-21(36-20)28-15-17(2)22(30)27-24(28)32;1-4-24(2,3)22(30)37-13-12-33-36(32,26-15-17-8-6-5-7-9-17)34-16-19-18(29)14-21(35-19)28-11-10-20(25)27-23(28)31/h6-10,15,19-21,29H,5,11-14,16H2,1-4H3,(H,26,33)(H,27,30,32);5-11,18-19,21,29H,4,12-16H2,1-3H3,(H,26,32)(H2,25,27,31)/t19-,20-,21-,37?;18-,19-,21-,36?/m00/s1. The number of hydrogen-bond acceptors (Lipinski definition) is 19. The zero-order valence-electron chi connectivity index (χ0n) is 43.3. The molecule has 0 aliphatic carbocycles. The number of carbonyl (C=O) groups excluding carboxylic acids is 2. The first-order valence-corrected chi connectivity index (χ1v) is 29.6. The summed E-state index contributed by atoms with van der Waals surface area (Å²) in [5.74, 6) is 0.683. The third-order valence-corrected chi connectivity index (χ3v) is 18.0. The van der Waals surface area contributed by atoms with Crippen molar-refractivity contribution in [2.45, 2.75) is 124 Å². The molecular formula is C49H71N7O15P2S2. The first kappa shape index (κ1) is 61.7. The van der Waals surface area contributed by atoms with Gasteiger partial charge < -0.3 is 25.4 Å². The van der Waals surface area contributed by atoms with Gasteiger partial charge in [0.2, 0.25) is 0 Å². The van der Waals surface area contributed by atoms with Crippen LogP contribution in [-0.4, -0.2) is 102 Å². The second-order valence-electron chi connectivity index (χ2n) is 19.0. The summed E-state index contributed by atoms with van der Waals surface area (Å²) in [6.07, 6.45) is -0.903. The number of nitrogen functional groups attached to an aromatic ring is 1. The number of aromatic nitrogens is 4. The zero-order chi connectivity index (χ0) is 55.0. The Morgan fingerprint density at radius 2 is 1.19 bits per heavy atom. The van der Waals surface area contributed by atoms with E-state index in [1.807, 2.05) is 102 Å². The summed E-state index contributed by atoms with van der Waals surface area (Å²) >= 11 is 2.24. The largest absolute Gasteiger partial charge is 0.405 e. The maximum absolute atomic E-state index is 13.6. The van der Waals surface area contributed by atoms with E-state index in [9.17, 15) is 43.3 Å². The molecule has 0 bridgehead atoms. The number of aliphatic hydroxyl groups excluding tert-OH is 2. The fourth-order valence-electron chi connectivity index (χ4n) is 6.95. The van der Waals surface area contributed by atoms with Gasteiger partial charge in [-0.15, -0.1) is 0 Å². The van der Waals surface area contributed by atoms with Gasteiger partial charge in [-0.1, -0.05) is 126 Å². The van der Waals surface area contributed by atoms with Crippen LogP contribution < -0.4 is 32.8 Å². The predicted octanol–water partition coefficient (Wildman–Crippen LogP) is 6.22. The molecule has 0 amide bonds. The number of rotatable bonds is 26. The van der Waals surface area contributed by atoms with E-state index in [4.69, 9.17) is 33.3 Å². The van der Waals surface area contributed by atoms with Crippen LogP contribution in [0, 0.1) is 17.8 Å². The van der Waals surface area contributed by atoms with Crippen molar-refractivity contribution in [3.63, 3.8) is 0 Å². The molecule has 2 aromatic heterocycles. The van der Waals surface area contributed by atoms with Gasteiger partial charge in [-0.3, -0.25) is 46.6 Å². The van der Waals surface area contributed by atoms with Gasteiger partial charge in [0.25, 0.3) is 5.56 Å². The van der Waals surface area contributed by atoms with Crippen LogP contribution >= 0.6 is 39.0 Å². The third-order valence-electron chi connectivity index (χ3n) is 12.5. The van der Waals surface area contributed by atoms with Crippen LogP contribution in [0.25, 0.3) is 0 Å². The molecule has 2 aromatic carbocycles. The first-order chi connectivity index (χ1) is 35.5. The lowest BCUT2D eigenvalue weighted by Crippen LogP contribution is -2.33. The Labute approximate surface area is 444 Å². The van der Waals surface area contributed by atoms with Gasteiger partial charge >= 0.3 is 26.9 Å². The quantitative estimate of drug-likeness (QED) is 0.0300. The molecule has 2 unspecified atom stereocenters. The molecule has 2 aliphatic heterocycles. The topological polar surface area (TPSA) is 304 Å². The highest BCUT2D eigenvalue weighted by molar-refractivity contribution is 8.14. The van der Waals surface area contributed by atoms with Crippen molar-refractivity contribution in [2.75, 3.05) is 43.7 Å². The van der Waals surface area contributed by atoms with E-state index in [1.165, 1.54) is 27.6 Å². The number of hydrogen-bond donors (Lipinski definition) is 6. The lowest BCUT2D eigenvalue weighted by molar-refractivity contribution is -0.118. The third kappa shape index (κ3) is 18.8. The molecule has 6 rings (SSSR count). The molecule has 2 aliphatic rings. The molecule has 2 saturated heterocycles. The zero-order valence-corrected chi connectivity index (χ0v) is 46.7. The van der Waals surface area contributed by atoms with Crippen LogP contribution in [0.2, 0.25) is 0 Å². The second kappa shape index (κ2) is 28.5. The van der Waals surface area contributed by atoms with Crippen molar-refractivity contribution in [2.24, 2.45) is 10.8 Å². The highest BCUT2D eigenvalue weighted by atomic mass is 32.2. The van der Waals surface area contributed by atoms with E-state index < -0.39 is 80.1 Å². The summed E-state index contributed by atoms with van der Waals surface area (Å²) in [5, 5.41) is 26.8. The van der Waals surface area contributed by atoms with Crippen molar-refractivity contribution >= 4 is 55.1 Å². The molecule has 75 heavy (non-hydrogen) atoms. The minimum Gasteiger partial charge on any atom is -0.390 e. The van der Waals surface area contributed by atoms with Crippen molar-refractivity contribution in [3.8, 4) is 0 Å². The van der Waals surface area contributed by atoms with Crippen molar-refractivity contribution in [3.05, 3.63) is 127 Å². The molecule has 414 valence electrons. The number of carbonyl (C=O) groups is 2. The average molecular weight is 1120 g/mol. The molecule has 26 heteroatoms. The molecular weight excluding hydrogens is 1050 g/mol. The Kier molecular flexibility index (Phi) is 23.5. The maximum Gasteiger partial charge on any atom is 0.405 e. The van der Waals surface area contributed by atoms with Gasteiger partial charge in [0.15, 0.2) is 10.2 Å². The van der Waals surface area contributed by atoms with E-state index in [-0.39, 0.29) is 68.4 Å². The number of thioether (sulfide) groups is 2. The molecule has 22 nitrogen and oxygen atoms in total. The van der Waals surface area contributed by atoms with E-state index in [0.717, 1.165) is 34.7 Å². The Hall–Kier alpha value is -4.10. The number of aromatic amines is 1. The van der Waals surface area contributed by atoms with Crippen LogP contribution in [0.1, 0.15) is 96.4 Å². The van der Waals surface area contributed by atoms with Crippen LogP contribution in [-0.2, 0) is 59.4 Å². The molecule has 8 atom stereocenters.